The zero-order chi connectivity index (χ0) is 35.4. The molecular formula is C38H39FN6O5S. The Labute approximate surface area is 296 Å². The summed E-state index contributed by atoms with van der Waals surface area (Å²) in [6.45, 7) is 1.01. The monoisotopic (exact) mass is 710 g/mol. The molecule has 0 amide bonds. The van der Waals surface area contributed by atoms with E-state index in [1.807, 2.05) is 24.3 Å². The molecule has 3 heterocycles. The molecule has 13 heteroatoms. The average Bonchev–Trinajstić information content (AvgIpc) is 3.97. The summed E-state index contributed by atoms with van der Waals surface area (Å²) in [5, 5.41) is 16.7. The topological polar surface area (TPSA) is 147 Å². The summed E-state index contributed by atoms with van der Waals surface area (Å²) >= 11 is 0. The van der Waals surface area contributed by atoms with Crippen molar-refractivity contribution in [2.75, 3.05) is 36.9 Å². The van der Waals surface area contributed by atoms with Gasteiger partial charge < -0.3 is 20.5 Å². The second kappa shape index (κ2) is 15.2. The highest BCUT2D eigenvalue weighted by molar-refractivity contribution is 7.89. The number of anilines is 3. The molecule has 0 radical (unpaired) electrons. The molecule has 0 bridgehead atoms. The minimum atomic E-state index is -3.88. The highest BCUT2D eigenvalue weighted by Gasteiger charge is 2.28. The van der Waals surface area contributed by atoms with E-state index < -0.39 is 15.8 Å². The molecule has 2 aromatic heterocycles. The molecule has 51 heavy (non-hydrogen) atoms. The molecule has 0 spiro atoms. The van der Waals surface area contributed by atoms with Gasteiger partial charge in [0.15, 0.2) is 5.78 Å². The fraction of sp³-hybridized carbons (Fsp3) is 0.368. The van der Waals surface area contributed by atoms with Gasteiger partial charge in [-0.3, -0.25) is 4.79 Å². The normalized spacial score (nSPS) is 19.5. The zero-order valence-corrected chi connectivity index (χ0v) is 28.8. The van der Waals surface area contributed by atoms with Gasteiger partial charge in [-0.25, -0.2) is 22.8 Å². The lowest BCUT2D eigenvalue weighted by Gasteiger charge is -2.27. The minimum absolute atomic E-state index is 0.00305. The molecule has 2 saturated carbocycles. The number of aromatic nitrogens is 3. The number of aliphatic hydroxyl groups excluding tert-OH is 1. The van der Waals surface area contributed by atoms with E-state index in [-0.39, 0.29) is 47.4 Å². The van der Waals surface area contributed by atoms with Gasteiger partial charge in [0.25, 0.3) is 0 Å². The zero-order valence-electron chi connectivity index (χ0n) is 28.0. The quantitative estimate of drug-likeness (QED) is 0.142. The van der Waals surface area contributed by atoms with E-state index in [4.69, 9.17) is 9.72 Å². The lowest BCUT2D eigenvalue weighted by molar-refractivity contribution is 0.0730. The molecule has 3 N–H and O–H groups in total. The van der Waals surface area contributed by atoms with Crippen molar-refractivity contribution in [2.45, 2.75) is 62.0 Å². The number of halogens is 1. The number of morpholine rings is 1. The van der Waals surface area contributed by atoms with Crippen molar-refractivity contribution >= 4 is 33.3 Å². The predicted octanol–water partition coefficient (Wildman–Crippen LogP) is 5.54. The van der Waals surface area contributed by atoms with E-state index >= 15 is 4.39 Å². The number of nitrogens with one attached hydrogen (secondary N) is 2. The van der Waals surface area contributed by atoms with Gasteiger partial charge in [0.1, 0.15) is 17.3 Å². The fourth-order valence-electron chi connectivity index (χ4n) is 6.25. The average molecular weight is 711 g/mol. The summed E-state index contributed by atoms with van der Waals surface area (Å²) in [4.78, 5) is 25.9. The number of hydrogen-bond acceptors (Lipinski definition) is 10. The van der Waals surface area contributed by atoms with Gasteiger partial charge in [0, 0.05) is 65.9 Å². The van der Waals surface area contributed by atoms with Crippen molar-refractivity contribution < 1.29 is 27.4 Å². The molecule has 1 saturated heterocycles. The highest BCUT2D eigenvalue weighted by Crippen LogP contribution is 2.34. The van der Waals surface area contributed by atoms with Crippen LogP contribution in [0.15, 0.2) is 71.9 Å². The van der Waals surface area contributed by atoms with Crippen molar-refractivity contribution in [3.8, 4) is 23.0 Å². The Kier molecular flexibility index (Phi) is 10.4. The van der Waals surface area contributed by atoms with Gasteiger partial charge in [-0.2, -0.15) is 9.29 Å². The number of benzene rings is 2. The number of sulfonamides is 1. The van der Waals surface area contributed by atoms with Crippen LogP contribution in [0.3, 0.4) is 0 Å². The molecule has 2 aliphatic carbocycles. The lowest BCUT2D eigenvalue weighted by atomic mass is 9.93. The van der Waals surface area contributed by atoms with Gasteiger partial charge in [-0.1, -0.05) is 5.92 Å². The number of hydrogen-bond donors (Lipinski definition) is 3. The molecule has 3 fully saturated rings. The summed E-state index contributed by atoms with van der Waals surface area (Å²) in [6.07, 6.45) is 8.31. The van der Waals surface area contributed by atoms with Crippen LogP contribution in [0.5, 0.6) is 0 Å². The number of ether oxygens (including phenoxy) is 1. The largest absolute Gasteiger partial charge is 0.393 e. The molecule has 264 valence electrons. The Morgan fingerprint density at radius 2 is 1.71 bits per heavy atom. The molecule has 7 rings (SSSR count). The maximum absolute atomic E-state index is 15.7. The Hall–Kier alpha value is -4.74. The van der Waals surface area contributed by atoms with Crippen LogP contribution in [0.4, 0.5) is 21.8 Å². The van der Waals surface area contributed by atoms with Crippen LogP contribution >= 0.6 is 0 Å². The number of nitrogens with zero attached hydrogens (tertiary/aromatic N) is 4. The number of ketones is 1. The summed E-state index contributed by atoms with van der Waals surface area (Å²) in [6, 6.07) is 14.7. The van der Waals surface area contributed by atoms with Gasteiger partial charge in [-0.05, 0) is 105 Å². The summed E-state index contributed by atoms with van der Waals surface area (Å²) in [5.74, 6) is 6.75. The Morgan fingerprint density at radius 1 is 0.941 bits per heavy atom. The van der Waals surface area contributed by atoms with Crippen molar-refractivity contribution in [3.63, 3.8) is 0 Å². The number of carbonyl (C=O) groups is 1. The van der Waals surface area contributed by atoms with E-state index in [0.29, 0.717) is 79.6 Å². The molecule has 2 aromatic carbocycles. The number of pyridine rings is 1. The third-order valence-corrected chi connectivity index (χ3v) is 11.3. The number of carbonyl (C=O) groups excluding carboxylic acids is 1. The van der Waals surface area contributed by atoms with Crippen LogP contribution in [0.1, 0.15) is 66.6 Å². The fourth-order valence-corrected chi connectivity index (χ4v) is 7.67. The van der Waals surface area contributed by atoms with Crippen LogP contribution in [0.2, 0.25) is 0 Å². The number of Topliss-reactive ketones (excluding diaryl/α,β-unsaturated/α-hetero) is 1. The number of aliphatic hydroxyl groups is 1. The van der Waals surface area contributed by atoms with E-state index in [2.05, 4.69) is 32.4 Å². The smallest absolute Gasteiger partial charge is 0.243 e. The van der Waals surface area contributed by atoms with Crippen LogP contribution in [0, 0.1) is 23.6 Å². The summed E-state index contributed by atoms with van der Waals surface area (Å²) in [7, 11) is -3.88. The Balaban J connectivity index is 1.09. The van der Waals surface area contributed by atoms with Gasteiger partial charge in [0.2, 0.25) is 16.0 Å². The molecule has 3 aliphatic rings. The Bertz CT molecular complexity index is 2070. The first kappa shape index (κ1) is 34.7. The summed E-state index contributed by atoms with van der Waals surface area (Å²) < 4.78 is 48.6. The van der Waals surface area contributed by atoms with E-state index in [1.165, 1.54) is 22.6 Å². The maximum atomic E-state index is 15.7. The summed E-state index contributed by atoms with van der Waals surface area (Å²) in [5.41, 5.74) is 3.18. The van der Waals surface area contributed by atoms with E-state index in [9.17, 15) is 18.3 Å². The lowest BCUT2D eigenvalue weighted by Crippen LogP contribution is -2.40. The SMILES string of the molecule is O=C(CC1CC1)c1ccnc(C#Cc2ccc(Nc3ncc(-c4ccc(S(=O)(=O)N5CCOCC5)cc4F)c(NC4CCC(O)CC4)n3)cc2)c1. The molecule has 0 unspecified atom stereocenters. The van der Waals surface area contributed by atoms with Crippen molar-refractivity contribution in [2.24, 2.45) is 5.92 Å². The van der Waals surface area contributed by atoms with Crippen molar-refractivity contribution in [1.82, 2.24) is 19.3 Å². The first-order valence-corrected chi connectivity index (χ1v) is 18.7. The third kappa shape index (κ3) is 8.60. The van der Waals surface area contributed by atoms with Gasteiger partial charge >= 0.3 is 0 Å². The van der Waals surface area contributed by atoms with Crippen LogP contribution in [-0.2, 0) is 14.8 Å². The second-order valence-electron chi connectivity index (χ2n) is 13.2. The molecule has 0 atom stereocenters. The number of rotatable bonds is 10. The standard InChI is InChI=1S/C38H39FN6O5S/c39-35-23-32(51(48,49)45-17-19-50-20-18-45)13-14-33(35)34-24-41-38(44-37(34)42-28-9-11-31(46)12-10-28)43-29-6-3-25(4-7-29)5-8-30-22-27(15-16-40-30)36(47)21-26-1-2-26/h3-4,6-7,13-16,22-24,26,28,31,46H,1-2,9-12,17-21H2,(H2,41,42,43,44). The highest BCUT2D eigenvalue weighted by atomic mass is 32.2. The van der Waals surface area contributed by atoms with Crippen LogP contribution < -0.4 is 10.6 Å². The van der Waals surface area contributed by atoms with E-state index in [0.717, 1.165) is 24.5 Å². The minimum Gasteiger partial charge on any atom is -0.393 e. The first-order valence-electron chi connectivity index (χ1n) is 17.3. The van der Waals surface area contributed by atoms with E-state index in [1.54, 1.807) is 18.3 Å². The molecule has 4 aromatic rings. The maximum Gasteiger partial charge on any atom is 0.243 e. The van der Waals surface area contributed by atoms with Gasteiger partial charge in [0.05, 0.1) is 24.2 Å². The molecule has 11 nitrogen and oxygen atoms in total. The van der Waals surface area contributed by atoms with Crippen molar-refractivity contribution in [1.29, 1.82) is 0 Å². The van der Waals surface area contributed by atoms with Crippen LogP contribution in [-0.4, -0.2) is 77.0 Å². The van der Waals surface area contributed by atoms with Crippen LogP contribution in [0.25, 0.3) is 11.1 Å². The second-order valence-corrected chi connectivity index (χ2v) is 15.2. The predicted molar refractivity (Wildman–Crippen MR) is 191 cm³/mol. The third-order valence-electron chi connectivity index (χ3n) is 9.39. The van der Waals surface area contributed by atoms with Crippen molar-refractivity contribution in [3.05, 3.63) is 89.6 Å². The Morgan fingerprint density at radius 3 is 2.43 bits per heavy atom. The molecule has 1 aliphatic heterocycles. The van der Waals surface area contributed by atoms with Gasteiger partial charge in [-0.15, -0.1) is 0 Å². The first-order chi connectivity index (χ1) is 24.7. The molecular weight excluding hydrogens is 672 g/mol.